The molecule has 0 radical (unpaired) electrons. The van der Waals surface area contributed by atoms with Gasteiger partial charge in [0, 0.05) is 6.07 Å². The Kier molecular flexibility index (Phi) is 9.97. The molecule has 0 aromatic carbocycles. The van der Waals surface area contributed by atoms with Crippen LogP contribution < -0.4 is 16.0 Å². The maximum atomic E-state index is 12.7. The number of primary amides is 1. The van der Waals surface area contributed by atoms with E-state index < -0.39 is 85.2 Å². The number of ether oxygens (including phenoxy) is 2. The van der Waals surface area contributed by atoms with E-state index in [1.54, 1.807) is 0 Å². The first-order valence-electron chi connectivity index (χ1n) is 12.9. The number of rotatable bonds is 12. The number of anilines is 1. The van der Waals surface area contributed by atoms with E-state index in [0.717, 1.165) is 17.2 Å². The number of phosphoric acid groups is 3. The third-order valence-electron chi connectivity index (χ3n) is 6.67. The van der Waals surface area contributed by atoms with Crippen LogP contribution in [0.5, 0.6) is 0 Å². The second-order valence-electron chi connectivity index (χ2n) is 9.90. The van der Waals surface area contributed by atoms with E-state index in [4.69, 9.17) is 20.9 Å². The van der Waals surface area contributed by atoms with Crippen molar-refractivity contribution in [2.24, 2.45) is 5.73 Å². The molecular formula is C20H27N7O17P3+. The average molecular weight is 730 g/mol. The molecule has 2 aliphatic rings. The van der Waals surface area contributed by atoms with E-state index in [1.165, 1.54) is 29.1 Å². The second-order valence-corrected chi connectivity index (χ2v) is 14.1. The number of carbonyl (C=O) groups is 1. The Bertz CT molecular complexity index is 1790. The predicted molar refractivity (Wildman–Crippen MR) is 145 cm³/mol. The van der Waals surface area contributed by atoms with Gasteiger partial charge in [0.05, 0.1) is 12.9 Å². The lowest BCUT2D eigenvalue weighted by Crippen LogP contribution is -2.46. The van der Waals surface area contributed by atoms with Crippen molar-refractivity contribution in [2.45, 2.75) is 49.3 Å². The molecule has 3 aromatic heterocycles. The minimum absolute atomic E-state index is 0.00684. The highest BCUT2D eigenvalue weighted by molar-refractivity contribution is 7.61. The number of aliphatic hydroxyl groups is 3. The number of carbonyl (C=O) groups excluding carboxylic acids is 1. The SMILES string of the molecule is NC(=O)c1ccc[n+]([C@@H]2O[C@H](COP(=O)(O)OP(=O)(O)O[C@H]3O[C@@H](n4cnc5c(N)ncnc54)C(OP(=O)(O)O)[C@H]3O)[C@H](O)C2O)c1. The van der Waals surface area contributed by atoms with Crippen molar-refractivity contribution in [1.82, 2.24) is 19.5 Å². The molecule has 5 heterocycles. The minimum atomic E-state index is -5.74. The normalized spacial score (nSPS) is 30.7. The molecule has 0 spiro atoms. The molecule has 47 heavy (non-hydrogen) atoms. The molecule has 0 saturated carbocycles. The number of amides is 1. The molecule has 2 aliphatic heterocycles. The predicted octanol–water partition coefficient (Wildman–Crippen LogP) is -2.94. The number of aromatic nitrogens is 5. The quantitative estimate of drug-likeness (QED) is 0.0664. The van der Waals surface area contributed by atoms with E-state index in [1.807, 2.05) is 0 Å². The van der Waals surface area contributed by atoms with E-state index in [9.17, 15) is 53.4 Å². The van der Waals surface area contributed by atoms with Crippen molar-refractivity contribution in [1.29, 1.82) is 0 Å². The smallest absolute Gasteiger partial charge is 0.387 e. The molecule has 2 fully saturated rings. The maximum Gasteiger partial charge on any atom is 0.483 e. The number of pyridine rings is 1. The van der Waals surface area contributed by atoms with Crippen molar-refractivity contribution in [3.8, 4) is 0 Å². The van der Waals surface area contributed by atoms with Crippen LogP contribution in [0.15, 0.2) is 37.2 Å². The Morgan fingerprint density at radius 3 is 2.40 bits per heavy atom. The summed E-state index contributed by atoms with van der Waals surface area (Å²) in [6, 6.07) is 2.77. The van der Waals surface area contributed by atoms with Crippen molar-refractivity contribution in [3.63, 3.8) is 0 Å². The van der Waals surface area contributed by atoms with Crippen molar-refractivity contribution in [2.75, 3.05) is 12.3 Å². The number of nitrogen functional groups attached to an aromatic ring is 1. The number of aliphatic hydroxyl groups excluding tert-OH is 3. The van der Waals surface area contributed by atoms with Crippen molar-refractivity contribution in [3.05, 3.63) is 42.7 Å². The van der Waals surface area contributed by atoms with Crippen LogP contribution in [0.3, 0.4) is 0 Å². The number of fused-ring (bicyclic) bond motifs is 1. The monoisotopic (exact) mass is 730 g/mol. The van der Waals surface area contributed by atoms with E-state index in [2.05, 4.69) is 32.8 Å². The Balaban J connectivity index is 1.26. The van der Waals surface area contributed by atoms with Crippen LogP contribution in [0.25, 0.3) is 11.2 Å². The first-order valence-corrected chi connectivity index (χ1v) is 17.4. The summed E-state index contributed by atoms with van der Waals surface area (Å²) in [5.74, 6) is -0.900. The van der Waals surface area contributed by atoms with E-state index in [-0.39, 0.29) is 22.5 Å². The summed E-state index contributed by atoms with van der Waals surface area (Å²) < 4.78 is 68.1. The van der Waals surface area contributed by atoms with Gasteiger partial charge in [-0.1, -0.05) is 0 Å². The summed E-state index contributed by atoms with van der Waals surface area (Å²) >= 11 is 0. The summed E-state index contributed by atoms with van der Waals surface area (Å²) in [5, 5.41) is 31.5. The zero-order valence-corrected chi connectivity index (χ0v) is 25.9. The molecular weight excluding hydrogens is 703 g/mol. The summed E-state index contributed by atoms with van der Waals surface area (Å²) in [6.07, 6.45) is -9.92. The fraction of sp³-hybridized carbons (Fsp3) is 0.450. The molecule has 2 saturated heterocycles. The Hall–Kier alpha value is -2.86. The lowest BCUT2D eigenvalue weighted by Gasteiger charge is -2.22. The lowest BCUT2D eigenvalue weighted by molar-refractivity contribution is -0.765. The highest BCUT2D eigenvalue weighted by Crippen LogP contribution is 2.62. The first-order chi connectivity index (χ1) is 21.9. The van der Waals surface area contributed by atoms with Crippen LogP contribution in [-0.2, 0) is 41.1 Å². The van der Waals surface area contributed by atoms with Gasteiger partial charge in [0.25, 0.3) is 12.1 Å². The van der Waals surface area contributed by atoms with Gasteiger partial charge in [-0.25, -0.2) is 28.6 Å². The fourth-order valence-corrected chi connectivity index (χ4v) is 7.35. The lowest BCUT2D eigenvalue weighted by atomic mass is 10.1. The standard InChI is InChI=1S/C20H26N7O17P3/c21-15-10-17(24-6-23-15)27(7-25-10)19-14(42-45(32,33)34)13(30)20(41-19)43-47(37,38)44-46(35,36)39-5-9-11(28)12(29)18(40-9)26-3-1-2-8(4-26)16(22)31/h1-4,6-7,9,11-14,18-20,28-30H,5H2,(H7-,21,22,23,24,31,32,33,34,35,36,37,38)/p+1/t9-,11+,12?,13-,14?,18-,19-,20-/m1/s1. The molecule has 0 aliphatic carbocycles. The van der Waals surface area contributed by atoms with Crippen LogP contribution >= 0.6 is 23.5 Å². The number of hydrogen-bond donors (Lipinski definition) is 9. The summed E-state index contributed by atoms with van der Waals surface area (Å²) in [4.78, 5) is 62.1. The average Bonchev–Trinajstić information content (AvgIpc) is 3.61. The van der Waals surface area contributed by atoms with E-state index >= 15 is 0 Å². The topological polar surface area (TPSA) is 365 Å². The molecule has 3 aromatic rings. The Morgan fingerprint density at radius 1 is 1.00 bits per heavy atom. The molecule has 24 nitrogen and oxygen atoms in total. The maximum absolute atomic E-state index is 12.7. The van der Waals surface area contributed by atoms with Gasteiger partial charge in [0.15, 0.2) is 42.5 Å². The number of imidazole rings is 1. The third kappa shape index (κ3) is 7.90. The summed E-state index contributed by atoms with van der Waals surface area (Å²) in [6.45, 7) is -1.000. The first kappa shape index (κ1) is 35.4. The van der Waals surface area contributed by atoms with Gasteiger partial charge in [0.1, 0.15) is 41.8 Å². The number of hydrogen-bond acceptors (Lipinski definition) is 17. The summed E-state index contributed by atoms with van der Waals surface area (Å²) in [5.41, 5.74) is 10.9. The van der Waals surface area contributed by atoms with Gasteiger partial charge < -0.3 is 55.8 Å². The highest BCUT2D eigenvalue weighted by Gasteiger charge is 2.53. The molecule has 4 unspecified atom stereocenters. The Morgan fingerprint density at radius 2 is 1.72 bits per heavy atom. The van der Waals surface area contributed by atoms with Crippen LogP contribution in [0.4, 0.5) is 5.82 Å². The van der Waals surface area contributed by atoms with Gasteiger partial charge in [-0.15, -0.1) is 0 Å². The highest BCUT2D eigenvalue weighted by atomic mass is 31.3. The number of phosphoric ester groups is 3. The molecule has 258 valence electrons. The molecule has 11 N–H and O–H groups in total. The Labute approximate surface area is 261 Å². The minimum Gasteiger partial charge on any atom is -0.387 e. The van der Waals surface area contributed by atoms with Crippen LogP contribution in [0.2, 0.25) is 0 Å². The fourth-order valence-electron chi connectivity index (χ4n) is 4.64. The van der Waals surface area contributed by atoms with Crippen molar-refractivity contribution >= 4 is 46.4 Å². The van der Waals surface area contributed by atoms with E-state index in [0.29, 0.717) is 0 Å². The van der Waals surface area contributed by atoms with Gasteiger partial charge in [-0.2, -0.15) is 8.88 Å². The molecule has 10 atom stereocenters. The van der Waals surface area contributed by atoms with Gasteiger partial charge >= 0.3 is 23.5 Å². The number of nitrogens with two attached hydrogens (primary N) is 2. The zero-order valence-electron chi connectivity index (χ0n) is 23.2. The number of nitrogens with zero attached hydrogens (tertiary/aromatic N) is 5. The second kappa shape index (κ2) is 13.2. The van der Waals surface area contributed by atoms with Gasteiger partial charge in [-0.3, -0.25) is 22.9 Å². The van der Waals surface area contributed by atoms with Crippen molar-refractivity contribution < 1.29 is 85.3 Å². The van der Waals surface area contributed by atoms with Gasteiger partial charge in [-0.05, 0) is 6.07 Å². The largest absolute Gasteiger partial charge is 0.483 e. The zero-order chi connectivity index (χ0) is 34.5. The molecule has 1 amide bonds. The summed E-state index contributed by atoms with van der Waals surface area (Å²) in [7, 11) is -16.7. The van der Waals surface area contributed by atoms with Crippen LogP contribution in [0, 0.1) is 0 Å². The molecule has 27 heteroatoms. The van der Waals surface area contributed by atoms with Crippen LogP contribution in [0.1, 0.15) is 22.8 Å². The third-order valence-corrected chi connectivity index (χ3v) is 9.79. The molecule has 0 bridgehead atoms. The molecule has 5 rings (SSSR count). The van der Waals surface area contributed by atoms with Crippen LogP contribution in [-0.4, -0.2) is 104 Å². The van der Waals surface area contributed by atoms with Gasteiger partial charge in [0.2, 0.25) is 0 Å².